The quantitative estimate of drug-likeness (QED) is 0.617. The van der Waals surface area contributed by atoms with Crippen LogP contribution in [0.25, 0.3) is 0 Å². The molecule has 0 saturated heterocycles. The number of hydrogen-bond acceptors (Lipinski definition) is 5. The van der Waals surface area contributed by atoms with Crippen molar-refractivity contribution in [2.24, 2.45) is 0 Å². The third-order valence-corrected chi connectivity index (χ3v) is 3.04. The fraction of sp³-hybridized carbons (Fsp3) is 0.188. The Labute approximate surface area is 145 Å². The molecule has 0 aliphatic carbocycles. The van der Waals surface area contributed by atoms with Crippen molar-refractivity contribution < 1.29 is 32.4 Å². The molecule has 0 unspecified atom stereocenters. The second-order valence-electron chi connectivity index (χ2n) is 5.14. The Morgan fingerprint density at radius 1 is 1.19 bits per heavy atom. The van der Waals surface area contributed by atoms with Crippen LogP contribution in [-0.2, 0) is 4.79 Å². The third-order valence-electron chi connectivity index (χ3n) is 3.04. The van der Waals surface area contributed by atoms with Crippen molar-refractivity contribution in [2.45, 2.75) is 13.3 Å². The summed E-state index contributed by atoms with van der Waals surface area (Å²) in [6.07, 6.45) is -4.80. The number of ether oxygens (including phenoxy) is 2. The zero-order chi connectivity index (χ0) is 19.3. The predicted octanol–water partition coefficient (Wildman–Crippen LogP) is 3.82. The summed E-state index contributed by atoms with van der Waals surface area (Å²) in [6.45, 7) is 1.20. The summed E-state index contributed by atoms with van der Waals surface area (Å²) < 4.78 is 45.1. The minimum absolute atomic E-state index is 0.0564. The largest absolute Gasteiger partial charge is 0.573 e. The number of amides is 1. The minimum atomic E-state index is -4.80. The van der Waals surface area contributed by atoms with E-state index in [0.717, 1.165) is 12.1 Å². The van der Waals surface area contributed by atoms with Gasteiger partial charge < -0.3 is 14.8 Å². The molecule has 0 radical (unpaired) electrons. The maximum Gasteiger partial charge on any atom is 0.573 e. The lowest BCUT2D eigenvalue weighted by Gasteiger charge is -2.10. The highest BCUT2D eigenvalue weighted by molar-refractivity contribution is 5.92. The maximum absolute atomic E-state index is 12.1. The normalized spacial score (nSPS) is 10.9. The van der Waals surface area contributed by atoms with Gasteiger partial charge in [0.15, 0.2) is 12.4 Å². The van der Waals surface area contributed by atoms with Gasteiger partial charge in [0.2, 0.25) is 0 Å². The zero-order valence-electron chi connectivity index (χ0n) is 13.4. The van der Waals surface area contributed by atoms with Crippen molar-refractivity contribution in [1.82, 2.24) is 0 Å². The Morgan fingerprint density at radius 2 is 1.85 bits per heavy atom. The molecule has 1 amide bonds. The number of carbonyl (C=O) groups is 1. The van der Waals surface area contributed by atoms with Crippen LogP contribution in [-0.4, -0.2) is 23.8 Å². The number of nitro groups is 1. The molecule has 10 heteroatoms. The number of rotatable bonds is 6. The van der Waals surface area contributed by atoms with Gasteiger partial charge in [0.05, 0.1) is 4.92 Å². The molecule has 138 valence electrons. The van der Waals surface area contributed by atoms with Crippen LogP contribution in [0.15, 0.2) is 42.5 Å². The highest BCUT2D eigenvalue weighted by Crippen LogP contribution is 2.28. The van der Waals surface area contributed by atoms with Crippen LogP contribution in [0.5, 0.6) is 11.5 Å². The van der Waals surface area contributed by atoms with Crippen molar-refractivity contribution in [3.63, 3.8) is 0 Å². The average molecular weight is 370 g/mol. The lowest BCUT2D eigenvalue weighted by atomic mass is 10.2. The molecule has 2 aromatic rings. The van der Waals surface area contributed by atoms with Crippen LogP contribution in [0.3, 0.4) is 0 Å². The summed E-state index contributed by atoms with van der Waals surface area (Å²) in [5.41, 5.74) is 0.648. The summed E-state index contributed by atoms with van der Waals surface area (Å²) >= 11 is 0. The maximum atomic E-state index is 12.1. The Bertz CT molecular complexity index is 807. The Kier molecular flexibility index (Phi) is 5.65. The van der Waals surface area contributed by atoms with E-state index in [1.165, 1.54) is 30.3 Å². The zero-order valence-corrected chi connectivity index (χ0v) is 13.4. The van der Waals surface area contributed by atoms with E-state index >= 15 is 0 Å². The topological polar surface area (TPSA) is 90.7 Å². The van der Waals surface area contributed by atoms with Gasteiger partial charge >= 0.3 is 12.0 Å². The van der Waals surface area contributed by atoms with E-state index in [1.54, 1.807) is 6.92 Å². The number of hydrogen-bond donors (Lipinski definition) is 1. The minimum Gasteiger partial charge on any atom is -0.477 e. The van der Waals surface area contributed by atoms with Gasteiger partial charge in [0.1, 0.15) is 5.75 Å². The van der Waals surface area contributed by atoms with E-state index in [2.05, 4.69) is 10.1 Å². The van der Waals surface area contributed by atoms with E-state index in [4.69, 9.17) is 4.74 Å². The van der Waals surface area contributed by atoms with Crippen LogP contribution in [0.1, 0.15) is 5.56 Å². The van der Waals surface area contributed by atoms with Crippen molar-refractivity contribution in [1.29, 1.82) is 0 Å². The van der Waals surface area contributed by atoms with Crippen LogP contribution >= 0.6 is 0 Å². The first-order valence-electron chi connectivity index (χ1n) is 7.17. The molecule has 0 fully saturated rings. The van der Waals surface area contributed by atoms with Crippen molar-refractivity contribution in [3.05, 3.63) is 58.1 Å². The number of anilines is 1. The predicted molar refractivity (Wildman–Crippen MR) is 85.1 cm³/mol. The number of halogens is 3. The van der Waals surface area contributed by atoms with E-state index in [0.29, 0.717) is 5.56 Å². The lowest BCUT2D eigenvalue weighted by molar-refractivity contribution is -0.385. The molecule has 0 aliphatic heterocycles. The van der Waals surface area contributed by atoms with Crippen molar-refractivity contribution in [2.75, 3.05) is 11.9 Å². The molecule has 0 heterocycles. The van der Waals surface area contributed by atoms with Gasteiger partial charge in [-0.05, 0) is 42.8 Å². The standard InChI is InChI=1S/C16H13F3N2O5/c1-10-2-7-13(21(23)24)14(8-10)25-9-15(22)20-11-3-5-12(6-4-11)26-16(17,18)19/h2-8H,9H2,1H3,(H,20,22). The van der Waals surface area contributed by atoms with Crippen LogP contribution < -0.4 is 14.8 Å². The summed E-state index contributed by atoms with van der Waals surface area (Å²) in [6, 6.07) is 8.74. The van der Waals surface area contributed by atoms with Crippen LogP contribution in [0.4, 0.5) is 24.5 Å². The van der Waals surface area contributed by atoms with E-state index < -0.39 is 29.5 Å². The van der Waals surface area contributed by atoms with Gasteiger partial charge in [0.25, 0.3) is 5.91 Å². The highest BCUT2D eigenvalue weighted by atomic mass is 19.4. The fourth-order valence-corrected chi connectivity index (χ4v) is 1.97. The Balaban J connectivity index is 1.95. The molecule has 0 saturated carbocycles. The first kappa shape index (κ1) is 19.0. The number of alkyl halides is 3. The number of benzene rings is 2. The number of carbonyl (C=O) groups excluding carboxylic acids is 1. The Morgan fingerprint density at radius 3 is 2.42 bits per heavy atom. The summed E-state index contributed by atoms with van der Waals surface area (Å²) in [5.74, 6) is -1.12. The molecule has 0 aliphatic rings. The molecule has 26 heavy (non-hydrogen) atoms. The van der Waals surface area contributed by atoms with Crippen molar-refractivity contribution >= 4 is 17.3 Å². The average Bonchev–Trinajstić information content (AvgIpc) is 2.53. The molecule has 0 spiro atoms. The van der Waals surface area contributed by atoms with Gasteiger partial charge in [-0.3, -0.25) is 14.9 Å². The fourth-order valence-electron chi connectivity index (χ4n) is 1.97. The molecular formula is C16H13F3N2O5. The first-order chi connectivity index (χ1) is 12.1. The number of nitrogens with one attached hydrogen (secondary N) is 1. The molecule has 7 nitrogen and oxygen atoms in total. The summed E-state index contributed by atoms with van der Waals surface area (Å²) in [7, 11) is 0. The SMILES string of the molecule is Cc1ccc([N+](=O)[O-])c(OCC(=O)Nc2ccc(OC(F)(F)F)cc2)c1. The van der Waals surface area contributed by atoms with Crippen LogP contribution in [0, 0.1) is 17.0 Å². The van der Waals surface area contributed by atoms with Gasteiger partial charge in [-0.1, -0.05) is 6.07 Å². The molecule has 2 rings (SSSR count). The lowest BCUT2D eigenvalue weighted by Crippen LogP contribution is -2.20. The second-order valence-corrected chi connectivity index (χ2v) is 5.14. The number of nitrogens with zero attached hydrogens (tertiary/aromatic N) is 1. The van der Waals surface area contributed by atoms with Crippen molar-refractivity contribution in [3.8, 4) is 11.5 Å². The molecule has 0 bridgehead atoms. The van der Waals surface area contributed by atoms with Gasteiger partial charge in [-0.25, -0.2) is 0 Å². The summed E-state index contributed by atoms with van der Waals surface area (Å²) in [4.78, 5) is 22.1. The second kappa shape index (κ2) is 7.72. The van der Waals surface area contributed by atoms with Gasteiger partial charge in [0, 0.05) is 11.8 Å². The molecule has 0 atom stereocenters. The van der Waals surface area contributed by atoms with Gasteiger partial charge in [-0.15, -0.1) is 13.2 Å². The summed E-state index contributed by atoms with van der Waals surface area (Å²) in [5, 5.41) is 13.3. The molecule has 1 N–H and O–H groups in total. The Hall–Kier alpha value is -3.30. The van der Waals surface area contributed by atoms with E-state index in [1.807, 2.05) is 0 Å². The third kappa shape index (κ3) is 5.65. The van der Waals surface area contributed by atoms with E-state index in [9.17, 15) is 28.1 Å². The van der Waals surface area contributed by atoms with Crippen LogP contribution in [0.2, 0.25) is 0 Å². The molecule has 2 aromatic carbocycles. The molecular weight excluding hydrogens is 357 g/mol. The molecule has 0 aromatic heterocycles. The smallest absolute Gasteiger partial charge is 0.477 e. The monoisotopic (exact) mass is 370 g/mol. The van der Waals surface area contributed by atoms with E-state index in [-0.39, 0.29) is 17.1 Å². The number of nitro benzene ring substituents is 1. The first-order valence-corrected chi connectivity index (χ1v) is 7.17. The van der Waals surface area contributed by atoms with Gasteiger partial charge in [-0.2, -0.15) is 0 Å². The number of aryl methyl sites for hydroxylation is 1. The highest BCUT2D eigenvalue weighted by Gasteiger charge is 2.30.